The first-order valence-electron chi connectivity index (χ1n) is 6.91. The van der Waals surface area contributed by atoms with Gasteiger partial charge in [0.1, 0.15) is 5.82 Å². The number of rotatable bonds is 5. The largest absolute Gasteiger partial charge is 0.374 e. The highest BCUT2D eigenvalue weighted by Gasteiger charge is 2.09. The van der Waals surface area contributed by atoms with Crippen LogP contribution >= 0.6 is 0 Å². The zero-order chi connectivity index (χ0) is 17.7. The molecule has 0 aliphatic heterocycles. The standard InChI is InChI=1S/C16H14F3N3O2/c1-9(23)21-11-3-5-13(18)15(7-11)20-8-16(24)22-10-2-4-12(17)14(19)6-10/h2-7,20H,8H2,1H3,(H,21,23)(H,22,24). The van der Waals surface area contributed by atoms with Crippen molar-refractivity contribution in [2.24, 2.45) is 0 Å². The first kappa shape index (κ1) is 17.3. The van der Waals surface area contributed by atoms with Crippen molar-refractivity contribution in [3.8, 4) is 0 Å². The molecule has 0 radical (unpaired) electrons. The topological polar surface area (TPSA) is 70.2 Å². The van der Waals surface area contributed by atoms with Crippen LogP contribution in [0.1, 0.15) is 6.92 Å². The van der Waals surface area contributed by atoms with E-state index in [1.165, 1.54) is 25.1 Å². The minimum atomic E-state index is -1.09. The van der Waals surface area contributed by atoms with Gasteiger partial charge in [-0.15, -0.1) is 0 Å². The predicted octanol–water partition coefficient (Wildman–Crippen LogP) is 3.11. The van der Waals surface area contributed by atoms with Crippen LogP contribution in [0, 0.1) is 17.5 Å². The summed E-state index contributed by atoms with van der Waals surface area (Å²) in [6, 6.07) is 6.78. The van der Waals surface area contributed by atoms with Crippen LogP contribution in [0.3, 0.4) is 0 Å². The molecule has 24 heavy (non-hydrogen) atoms. The predicted molar refractivity (Wildman–Crippen MR) is 84.2 cm³/mol. The number of halogens is 3. The zero-order valence-corrected chi connectivity index (χ0v) is 12.6. The Morgan fingerprint density at radius 3 is 2.12 bits per heavy atom. The molecule has 0 heterocycles. The maximum atomic E-state index is 13.7. The van der Waals surface area contributed by atoms with Crippen LogP contribution in [0.15, 0.2) is 36.4 Å². The lowest BCUT2D eigenvalue weighted by molar-refractivity contribution is -0.115. The van der Waals surface area contributed by atoms with Gasteiger partial charge in [-0.25, -0.2) is 13.2 Å². The molecule has 0 saturated heterocycles. The van der Waals surface area contributed by atoms with E-state index in [0.29, 0.717) is 5.69 Å². The number of amides is 2. The van der Waals surface area contributed by atoms with Crippen molar-refractivity contribution >= 4 is 28.9 Å². The van der Waals surface area contributed by atoms with Gasteiger partial charge in [-0.05, 0) is 30.3 Å². The third-order valence-corrected chi connectivity index (χ3v) is 2.93. The van der Waals surface area contributed by atoms with Crippen molar-refractivity contribution in [1.29, 1.82) is 0 Å². The van der Waals surface area contributed by atoms with Crippen LogP contribution in [0.25, 0.3) is 0 Å². The SMILES string of the molecule is CC(=O)Nc1ccc(F)c(NCC(=O)Nc2ccc(F)c(F)c2)c1. The number of nitrogens with one attached hydrogen (secondary N) is 3. The minimum absolute atomic E-state index is 0.0155. The van der Waals surface area contributed by atoms with E-state index in [9.17, 15) is 22.8 Å². The van der Waals surface area contributed by atoms with E-state index < -0.39 is 23.4 Å². The number of benzene rings is 2. The van der Waals surface area contributed by atoms with Crippen molar-refractivity contribution in [3.05, 3.63) is 53.8 Å². The van der Waals surface area contributed by atoms with E-state index >= 15 is 0 Å². The molecule has 2 aromatic carbocycles. The Bertz CT molecular complexity index is 781. The Hall–Kier alpha value is -3.03. The summed E-state index contributed by atoms with van der Waals surface area (Å²) >= 11 is 0. The second-order valence-corrected chi connectivity index (χ2v) is 4.91. The lowest BCUT2D eigenvalue weighted by Crippen LogP contribution is -2.22. The maximum absolute atomic E-state index is 13.7. The molecule has 0 spiro atoms. The summed E-state index contributed by atoms with van der Waals surface area (Å²) < 4.78 is 39.5. The number of carbonyl (C=O) groups is 2. The molecule has 0 aromatic heterocycles. The number of hydrogen-bond acceptors (Lipinski definition) is 3. The molecule has 0 aliphatic carbocycles. The second-order valence-electron chi connectivity index (χ2n) is 4.91. The van der Waals surface area contributed by atoms with Gasteiger partial charge in [0.15, 0.2) is 11.6 Å². The fraction of sp³-hybridized carbons (Fsp3) is 0.125. The van der Waals surface area contributed by atoms with Gasteiger partial charge >= 0.3 is 0 Å². The van der Waals surface area contributed by atoms with Gasteiger partial charge in [0, 0.05) is 24.4 Å². The third kappa shape index (κ3) is 4.73. The molecule has 2 amide bonds. The van der Waals surface area contributed by atoms with Gasteiger partial charge in [-0.1, -0.05) is 0 Å². The van der Waals surface area contributed by atoms with Gasteiger partial charge in [-0.2, -0.15) is 0 Å². The van der Waals surface area contributed by atoms with Crippen LogP contribution in [0.2, 0.25) is 0 Å². The van der Waals surface area contributed by atoms with Crippen molar-refractivity contribution in [3.63, 3.8) is 0 Å². The third-order valence-electron chi connectivity index (χ3n) is 2.93. The molecular weight excluding hydrogens is 323 g/mol. The van der Waals surface area contributed by atoms with Crippen molar-refractivity contribution in [2.75, 3.05) is 22.5 Å². The number of anilines is 3. The van der Waals surface area contributed by atoms with Crippen molar-refractivity contribution < 1.29 is 22.8 Å². The summed E-state index contributed by atoms with van der Waals surface area (Å²) in [4.78, 5) is 22.8. The molecule has 0 unspecified atom stereocenters. The molecule has 2 rings (SSSR count). The monoisotopic (exact) mass is 337 g/mol. The number of hydrogen-bond donors (Lipinski definition) is 3. The molecule has 0 saturated carbocycles. The average Bonchev–Trinajstić information content (AvgIpc) is 2.51. The summed E-state index contributed by atoms with van der Waals surface area (Å²) in [6.07, 6.45) is 0. The normalized spacial score (nSPS) is 10.2. The first-order chi connectivity index (χ1) is 11.3. The van der Waals surface area contributed by atoms with E-state index in [-0.39, 0.29) is 23.8 Å². The van der Waals surface area contributed by atoms with Crippen LogP contribution < -0.4 is 16.0 Å². The van der Waals surface area contributed by atoms with Crippen LogP contribution in [-0.4, -0.2) is 18.4 Å². The Labute approximate surface area is 135 Å². The van der Waals surface area contributed by atoms with E-state index in [1.807, 2.05) is 0 Å². The summed E-state index contributed by atoms with van der Waals surface area (Å²) in [5, 5.41) is 7.40. The second kappa shape index (κ2) is 7.49. The fourth-order valence-electron chi connectivity index (χ4n) is 1.90. The minimum Gasteiger partial charge on any atom is -0.374 e. The lowest BCUT2D eigenvalue weighted by atomic mass is 10.2. The molecule has 0 atom stereocenters. The quantitative estimate of drug-likeness (QED) is 0.785. The summed E-state index contributed by atoms with van der Waals surface area (Å²) in [5.74, 6) is -3.61. The van der Waals surface area contributed by atoms with Gasteiger partial charge in [0.05, 0.1) is 12.2 Å². The van der Waals surface area contributed by atoms with Gasteiger partial charge in [0.2, 0.25) is 11.8 Å². The molecule has 3 N–H and O–H groups in total. The Balaban J connectivity index is 1.98. The highest BCUT2D eigenvalue weighted by atomic mass is 19.2. The van der Waals surface area contributed by atoms with Crippen LogP contribution in [0.4, 0.5) is 30.2 Å². The van der Waals surface area contributed by atoms with E-state index in [4.69, 9.17) is 0 Å². The molecule has 0 bridgehead atoms. The Kier molecular flexibility index (Phi) is 5.41. The molecule has 8 heteroatoms. The highest BCUT2D eigenvalue weighted by Crippen LogP contribution is 2.19. The van der Waals surface area contributed by atoms with Crippen molar-refractivity contribution in [2.45, 2.75) is 6.92 Å². The van der Waals surface area contributed by atoms with Crippen LogP contribution in [-0.2, 0) is 9.59 Å². The number of carbonyl (C=O) groups excluding carboxylic acids is 2. The van der Waals surface area contributed by atoms with E-state index in [0.717, 1.165) is 18.2 Å². The average molecular weight is 337 g/mol. The molecule has 126 valence electrons. The Morgan fingerprint density at radius 1 is 0.875 bits per heavy atom. The molecule has 0 fully saturated rings. The fourth-order valence-corrected chi connectivity index (χ4v) is 1.90. The zero-order valence-electron chi connectivity index (χ0n) is 12.6. The molecule has 5 nitrogen and oxygen atoms in total. The van der Waals surface area contributed by atoms with E-state index in [1.54, 1.807) is 0 Å². The van der Waals surface area contributed by atoms with Crippen molar-refractivity contribution in [1.82, 2.24) is 0 Å². The first-order valence-corrected chi connectivity index (χ1v) is 6.91. The van der Waals surface area contributed by atoms with Gasteiger partial charge in [0.25, 0.3) is 0 Å². The van der Waals surface area contributed by atoms with Crippen LogP contribution in [0.5, 0.6) is 0 Å². The lowest BCUT2D eigenvalue weighted by Gasteiger charge is -2.10. The smallest absolute Gasteiger partial charge is 0.243 e. The summed E-state index contributed by atoms with van der Waals surface area (Å²) in [5.41, 5.74) is 0.460. The van der Waals surface area contributed by atoms with E-state index in [2.05, 4.69) is 16.0 Å². The molecule has 0 aliphatic rings. The molecule has 2 aromatic rings. The Morgan fingerprint density at radius 2 is 1.50 bits per heavy atom. The highest BCUT2D eigenvalue weighted by molar-refractivity contribution is 5.94. The summed E-state index contributed by atoms with van der Waals surface area (Å²) in [6.45, 7) is 1.01. The van der Waals surface area contributed by atoms with Gasteiger partial charge in [-0.3, -0.25) is 9.59 Å². The molecular formula is C16H14F3N3O2. The summed E-state index contributed by atoms with van der Waals surface area (Å²) in [7, 11) is 0. The maximum Gasteiger partial charge on any atom is 0.243 e. The van der Waals surface area contributed by atoms with Gasteiger partial charge < -0.3 is 16.0 Å².